The van der Waals surface area contributed by atoms with Crippen LogP contribution in [0.2, 0.25) is 0 Å². The van der Waals surface area contributed by atoms with Gasteiger partial charge in [0, 0.05) is 16.7 Å². The SMILES string of the molecule is CCc1csc(NC2CCC(SC)CC2)n1. The van der Waals surface area contributed by atoms with Gasteiger partial charge in [-0.3, -0.25) is 0 Å². The summed E-state index contributed by atoms with van der Waals surface area (Å²) < 4.78 is 0. The van der Waals surface area contributed by atoms with Crippen LogP contribution in [0.4, 0.5) is 5.13 Å². The van der Waals surface area contributed by atoms with Gasteiger partial charge in [-0.2, -0.15) is 11.8 Å². The number of aryl methyl sites for hydroxylation is 1. The molecule has 1 heterocycles. The zero-order valence-electron chi connectivity index (χ0n) is 10.0. The van der Waals surface area contributed by atoms with E-state index in [9.17, 15) is 0 Å². The largest absolute Gasteiger partial charge is 0.359 e. The van der Waals surface area contributed by atoms with Gasteiger partial charge in [0.2, 0.25) is 0 Å². The van der Waals surface area contributed by atoms with E-state index in [1.807, 2.05) is 11.8 Å². The second kappa shape index (κ2) is 5.92. The van der Waals surface area contributed by atoms with Gasteiger partial charge >= 0.3 is 0 Å². The van der Waals surface area contributed by atoms with Crippen LogP contribution in [0.25, 0.3) is 0 Å². The summed E-state index contributed by atoms with van der Waals surface area (Å²) in [4.78, 5) is 4.56. The minimum atomic E-state index is 0.652. The van der Waals surface area contributed by atoms with Gasteiger partial charge < -0.3 is 5.32 Å². The van der Waals surface area contributed by atoms with Crippen LogP contribution in [-0.4, -0.2) is 22.5 Å². The van der Waals surface area contributed by atoms with E-state index in [0.29, 0.717) is 6.04 Å². The lowest BCUT2D eigenvalue weighted by atomic mass is 9.95. The average molecular weight is 256 g/mol. The highest BCUT2D eigenvalue weighted by molar-refractivity contribution is 7.99. The van der Waals surface area contributed by atoms with E-state index in [0.717, 1.165) is 16.8 Å². The van der Waals surface area contributed by atoms with Crippen LogP contribution in [-0.2, 0) is 6.42 Å². The summed E-state index contributed by atoms with van der Waals surface area (Å²) in [5, 5.41) is 7.75. The molecule has 1 aliphatic carbocycles. The maximum Gasteiger partial charge on any atom is 0.183 e. The van der Waals surface area contributed by atoms with Crippen molar-refractivity contribution >= 4 is 28.2 Å². The monoisotopic (exact) mass is 256 g/mol. The third-order valence-electron chi connectivity index (χ3n) is 3.25. The highest BCUT2D eigenvalue weighted by Crippen LogP contribution is 2.29. The highest BCUT2D eigenvalue weighted by atomic mass is 32.2. The Kier molecular flexibility index (Phi) is 4.53. The average Bonchev–Trinajstić information content (AvgIpc) is 2.78. The zero-order chi connectivity index (χ0) is 11.4. The lowest BCUT2D eigenvalue weighted by Crippen LogP contribution is -2.26. The van der Waals surface area contributed by atoms with E-state index in [1.165, 1.54) is 31.4 Å². The third kappa shape index (κ3) is 3.14. The first-order chi connectivity index (χ1) is 7.81. The normalized spacial score (nSPS) is 25.6. The number of hydrogen-bond acceptors (Lipinski definition) is 4. The summed E-state index contributed by atoms with van der Waals surface area (Å²) in [5.74, 6) is 0. The summed E-state index contributed by atoms with van der Waals surface area (Å²) >= 11 is 3.77. The van der Waals surface area contributed by atoms with E-state index >= 15 is 0 Å². The highest BCUT2D eigenvalue weighted by Gasteiger charge is 2.20. The summed E-state index contributed by atoms with van der Waals surface area (Å²) in [6.07, 6.45) is 8.57. The molecule has 0 spiro atoms. The zero-order valence-corrected chi connectivity index (χ0v) is 11.7. The van der Waals surface area contributed by atoms with Gasteiger partial charge in [-0.05, 0) is 38.4 Å². The standard InChI is InChI=1S/C12H20N2S2/c1-3-9-8-16-12(13-9)14-10-4-6-11(15-2)7-5-10/h8,10-11H,3-7H2,1-2H3,(H,13,14). The predicted octanol–water partition coefficient (Wildman–Crippen LogP) is 3.79. The van der Waals surface area contributed by atoms with Gasteiger partial charge in [0.15, 0.2) is 5.13 Å². The number of hydrogen-bond donors (Lipinski definition) is 1. The van der Waals surface area contributed by atoms with Gasteiger partial charge in [-0.15, -0.1) is 11.3 Å². The molecule has 4 heteroatoms. The van der Waals surface area contributed by atoms with Crippen molar-refractivity contribution in [2.45, 2.75) is 50.3 Å². The predicted molar refractivity (Wildman–Crippen MR) is 74.7 cm³/mol. The van der Waals surface area contributed by atoms with Crippen LogP contribution in [0.3, 0.4) is 0 Å². The lowest BCUT2D eigenvalue weighted by molar-refractivity contribution is 0.473. The maximum atomic E-state index is 4.56. The van der Waals surface area contributed by atoms with E-state index in [-0.39, 0.29) is 0 Å². The van der Waals surface area contributed by atoms with Crippen molar-refractivity contribution in [1.82, 2.24) is 4.98 Å². The first kappa shape index (κ1) is 12.2. The van der Waals surface area contributed by atoms with E-state index in [2.05, 4.69) is 28.9 Å². The number of rotatable bonds is 4. The molecule has 90 valence electrons. The van der Waals surface area contributed by atoms with Crippen LogP contribution in [0.1, 0.15) is 38.3 Å². The van der Waals surface area contributed by atoms with Crippen LogP contribution in [0, 0.1) is 0 Å². The van der Waals surface area contributed by atoms with E-state index < -0.39 is 0 Å². The van der Waals surface area contributed by atoms with Crippen LogP contribution in [0.5, 0.6) is 0 Å². The van der Waals surface area contributed by atoms with Crippen LogP contribution in [0.15, 0.2) is 5.38 Å². The summed E-state index contributed by atoms with van der Waals surface area (Å²) in [5.41, 5.74) is 1.21. The molecule has 2 rings (SSSR count). The van der Waals surface area contributed by atoms with Crippen molar-refractivity contribution in [3.05, 3.63) is 11.1 Å². The second-order valence-corrected chi connectivity index (χ2v) is 6.35. The number of aromatic nitrogens is 1. The quantitative estimate of drug-likeness (QED) is 0.887. The van der Waals surface area contributed by atoms with E-state index in [4.69, 9.17) is 0 Å². The number of anilines is 1. The molecule has 1 fully saturated rings. The second-order valence-electron chi connectivity index (χ2n) is 4.35. The molecule has 2 nitrogen and oxygen atoms in total. The molecule has 0 atom stereocenters. The molecular weight excluding hydrogens is 236 g/mol. The van der Waals surface area contributed by atoms with Gasteiger partial charge in [-0.25, -0.2) is 4.98 Å². The molecule has 0 unspecified atom stereocenters. The minimum absolute atomic E-state index is 0.652. The molecule has 0 aromatic carbocycles. The van der Waals surface area contributed by atoms with Crippen LogP contribution < -0.4 is 5.32 Å². The van der Waals surface area contributed by atoms with Crippen LogP contribution >= 0.6 is 23.1 Å². The summed E-state index contributed by atoms with van der Waals surface area (Å²) in [6, 6.07) is 0.652. The van der Waals surface area contributed by atoms with Gasteiger partial charge in [-0.1, -0.05) is 6.92 Å². The molecule has 16 heavy (non-hydrogen) atoms. The minimum Gasteiger partial charge on any atom is -0.359 e. The molecule has 0 saturated heterocycles. The van der Waals surface area contributed by atoms with Crippen molar-refractivity contribution in [2.75, 3.05) is 11.6 Å². The number of nitrogens with zero attached hydrogens (tertiary/aromatic N) is 1. The molecule has 1 aromatic heterocycles. The Morgan fingerprint density at radius 1 is 1.44 bits per heavy atom. The summed E-state index contributed by atoms with van der Waals surface area (Å²) in [7, 11) is 0. The molecule has 1 saturated carbocycles. The number of thiazole rings is 1. The fourth-order valence-electron chi connectivity index (χ4n) is 2.15. The third-order valence-corrected chi connectivity index (χ3v) is 5.21. The Labute approximate surface area is 106 Å². The number of thioether (sulfide) groups is 1. The molecule has 0 bridgehead atoms. The number of nitrogens with one attached hydrogen (secondary N) is 1. The first-order valence-corrected chi connectivity index (χ1v) is 8.22. The maximum absolute atomic E-state index is 4.56. The van der Waals surface area contributed by atoms with Crippen molar-refractivity contribution < 1.29 is 0 Å². The topological polar surface area (TPSA) is 24.9 Å². The smallest absolute Gasteiger partial charge is 0.183 e. The lowest BCUT2D eigenvalue weighted by Gasteiger charge is -2.27. The Bertz CT molecular complexity index is 317. The van der Waals surface area contributed by atoms with Crippen molar-refractivity contribution in [1.29, 1.82) is 0 Å². The van der Waals surface area contributed by atoms with Crippen molar-refractivity contribution in [3.63, 3.8) is 0 Å². The summed E-state index contributed by atoms with van der Waals surface area (Å²) in [6.45, 7) is 2.16. The Balaban J connectivity index is 1.82. The molecule has 1 aromatic rings. The fourth-order valence-corrected chi connectivity index (χ4v) is 3.77. The molecule has 0 radical (unpaired) electrons. The van der Waals surface area contributed by atoms with Gasteiger partial charge in [0.25, 0.3) is 0 Å². The van der Waals surface area contributed by atoms with Gasteiger partial charge in [0.1, 0.15) is 0 Å². The Morgan fingerprint density at radius 3 is 2.75 bits per heavy atom. The fraction of sp³-hybridized carbons (Fsp3) is 0.750. The molecule has 0 amide bonds. The Morgan fingerprint density at radius 2 is 2.19 bits per heavy atom. The van der Waals surface area contributed by atoms with Crippen molar-refractivity contribution in [2.24, 2.45) is 0 Å². The molecule has 0 aliphatic heterocycles. The molecule has 1 aliphatic rings. The van der Waals surface area contributed by atoms with E-state index in [1.54, 1.807) is 11.3 Å². The van der Waals surface area contributed by atoms with Crippen molar-refractivity contribution in [3.8, 4) is 0 Å². The molecule has 1 N–H and O–H groups in total. The molecular formula is C12H20N2S2. The Hall–Kier alpha value is -0.220. The van der Waals surface area contributed by atoms with Gasteiger partial charge in [0.05, 0.1) is 5.69 Å². The first-order valence-electron chi connectivity index (χ1n) is 6.05.